The summed E-state index contributed by atoms with van der Waals surface area (Å²) in [5, 5.41) is 7.23. The van der Waals surface area contributed by atoms with Crippen LogP contribution < -0.4 is 5.32 Å². The third-order valence-electron chi connectivity index (χ3n) is 3.70. The summed E-state index contributed by atoms with van der Waals surface area (Å²) in [5.74, 6) is 0.231. The second kappa shape index (κ2) is 6.34. The summed E-state index contributed by atoms with van der Waals surface area (Å²) < 4.78 is 0. The maximum Gasteiger partial charge on any atom is 0.255 e. The van der Waals surface area contributed by atoms with Gasteiger partial charge in [-0.05, 0) is 57.1 Å². The highest BCUT2D eigenvalue weighted by Crippen LogP contribution is 2.24. The van der Waals surface area contributed by atoms with Crippen molar-refractivity contribution in [3.05, 3.63) is 21.9 Å². The van der Waals surface area contributed by atoms with E-state index in [0.717, 1.165) is 43.5 Å². The zero-order valence-corrected chi connectivity index (χ0v) is 12.1. The van der Waals surface area contributed by atoms with Gasteiger partial charge in [0.15, 0.2) is 0 Å². The van der Waals surface area contributed by atoms with Gasteiger partial charge in [-0.25, -0.2) is 0 Å². The summed E-state index contributed by atoms with van der Waals surface area (Å²) >= 11 is 1.62. The van der Waals surface area contributed by atoms with Crippen LogP contribution in [0.4, 0.5) is 0 Å². The van der Waals surface area contributed by atoms with Gasteiger partial charge in [0.1, 0.15) is 0 Å². The molecule has 0 aromatic carbocycles. The molecule has 0 spiro atoms. The van der Waals surface area contributed by atoms with Gasteiger partial charge in [0.2, 0.25) is 0 Å². The number of hydrogen-bond donors (Lipinski definition) is 1. The van der Waals surface area contributed by atoms with Crippen molar-refractivity contribution < 1.29 is 4.79 Å². The van der Waals surface area contributed by atoms with E-state index in [4.69, 9.17) is 0 Å². The number of carbonyl (C=O) groups is 1. The van der Waals surface area contributed by atoms with Crippen LogP contribution in [0.5, 0.6) is 0 Å². The minimum Gasteiger partial charge on any atom is -0.336 e. The Morgan fingerprint density at radius 2 is 2.33 bits per heavy atom. The Labute approximate surface area is 113 Å². The van der Waals surface area contributed by atoms with Crippen molar-refractivity contribution in [1.82, 2.24) is 10.2 Å². The third kappa shape index (κ3) is 2.93. The van der Waals surface area contributed by atoms with Gasteiger partial charge in [-0.15, -0.1) is 0 Å². The van der Waals surface area contributed by atoms with Gasteiger partial charge in [0.05, 0.1) is 5.56 Å². The van der Waals surface area contributed by atoms with Gasteiger partial charge in [0, 0.05) is 18.0 Å². The monoisotopic (exact) mass is 266 g/mol. The van der Waals surface area contributed by atoms with Gasteiger partial charge < -0.3 is 10.2 Å². The molecule has 1 aliphatic heterocycles. The number of nitrogens with one attached hydrogen (secondary N) is 1. The van der Waals surface area contributed by atoms with E-state index in [1.54, 1.807) is 11.3 Å². The van der Waals surface area contributed by atoms with Crippen LogP contribution >= 0.6 is 11.3 Å². The maximum atomic E-state index is 12.6. The highest BCUT2D eigenvalue weighted by atomic mass is 32.1. The lowest BCUT2D eigenvalue weighted by molar-refractivity contribution is 0.0602. The molecule has 1 atom stereocenters. The summed E-state index contributed by atoms with van der Waals surface area (Å²) in [5.41, 5.74) is 2.01. The third-order valence-corrected chi connectivity index (χ3v) is 4.56. The van der Waals surface area contributed by atoms with Crippen LogP contribution in [0, 0.1) is 6.92 Å². The van der Waals surface area contributed by atoms with E-state index < -0.39 is 0 Å². The van der Waals surface area contributed by atoms with Crippen LogP contribution in [0.15, 0.2) is 10.8 Å². The fourth-order valence-corrected chi connectivity index (χ4v) is 3.44. The molecule has 0 saturated carbocycles. The Kier molecular flexibility index (Phi) is 4.78. The van der Waals surface area contributed by atoms with Crippen molar-refractivity contribution in [2.45, 2.75) is 38.6 Å². The molecule has 1 N–H and O–H groups in total. The first-order valence-electron chi connectivity index (χ1n) is 6.72. The Morgan fingerprint density at radius 1 is 1.50 bits per heavy atom. The lowest BCUT2D eigenvalue weighted by Crippen LogP contribution is -2.44. The standard InChI is InChI=1S/C14H22N2OS/c1-11-9-18-10-13(11)14(17)16-8-4-3-5-12(16)6-7-15-2/h9-10,12,15H,3-8H2,1-2H3. The fourth-order valence-electron chi connectivity index (χ4n) is 2.61. The van der Waals surface area contributed by atoms with Gasteiger partial charge in [-0.1, -0.05) is 0 Å². The molecule has 18 heavy (non-hydrogen) atoms. The zero-order valence-electron chi connectivity index (χ0n) is 11.2. The number of rotatable bonds is 4. The molecule has 1 amide bonds. The van der Waals surface area contributed by atoms with Gasteiger partial charge in [0.25, 0.3) is 5.91 Å². The average Bonchev–Trinajstić information content (AvgIpc) is 2.82. The summed E-state index contributed by atoms with van der Waals surface area (Å²) in [4.78, 5) is 14.7. The lowest BCUT2D eigenvalue weighted by atomic mass is 9.98. The van der Waals surface area contributed by atoms with Crippen molar-refractivity contribution in [1.29, 1.82) is 0 Å². The zero-order chi connectivity index (χ0) is 13.0. The number of aryl methyl sites for hydroxylation is 1. The molecule has 100 valence electrons. The van der Waals surface area contributed by atoms with Crippen LogP contribution in [-0.2, 0) is 0 Å². The Balaban J connectivity index is 2.08. The Hall–Kier alpha value is -0.870. The highest BCUT2D eigenvalue weighted by molar-refractivity contribution is 7.08. The van der Waals surface area contributed by atoms with Crippen LogP contribution in [0.2, 0.25) is 0 Å². The predicted octanol–water partition coefficient (Wildman–Crippen LogP) is 2.66. The molecular formula is C14H22N2OS. The second-order valence-corrected chi connectivity index (χ2v) is 5.75. The average molecular weight is 266 g/mol. The largest absolute Gasteiger partial charge is 0.336 e. The summed E-state index contributed by atoms with van der Waals surface area (Å²) in [6, 6.07) is 0.415. The molecule has 3 nitrogen and oxygen atoms in total. The smallest absolute Gasteiger partial charge is 0.255 e. The van der Waals surface area contributed by atoms with Crippen LogP contribution in [0.1, 0.15) is 41.6 Å². The molecule has 1 aromatic heterocycles. The maximum absolute atomic E-state index is 12.6. The number of hydrogen-bond acceptors (Lipinski definition) is 3. The first-order chi connectivity index (χ1) is 8.74. The van der Waals surface area contributed by atoms with E-state index in [1.165, 1.54) is 6.42 Å². The number of carbonyl (C=O) groups excluding carboxylic acids is 1. The first-order valence-corrected chi connectivity index (χ1v) is 7.66. The summed E-state index contributed by atoms with van der Waals surface area (Å²) in [6.45, 7) is 3.93. The van der Waals surface area contributed by atoms with Crippen molar-refractivity contribution in [2.24, 2.45) is 0 Å². The molecule has 1 saturated heterocycles. The minimum atomic E-state index is 0.231. The molecule has 2 rings (SSSR count). The van der Waals surface area contributed by atoms with Gasteiger partial charge in [-0.3, -0.25) is 4.79 Å². The molecule has 1 unspecified atom stereocenters. The van der Waals surface area contributed by atoms with E-state index in [2.05, 4.69) is 15.6 Å². The van der Waals surface area contributed by atoms with Crippen molar-refractivity contribution >= 4 is 17.2 Å². The normalized spacial score (nSPS) is 20.1. The van der Waals surface area contributed by atoms with Crippen molar-refractivity contribution in [3.63, 3.8) is 0 Å². The molecule has 1 aliphatic rings. The molecule has 0 radical (unpaired) electrons. The Morgan fingerprint density at radius 3 is 3.00 bits per heavy atom. The number of thiophene rings is 1. The summed E-state index contributed by atoms with van der Waals surface area (Å²) in [7, 11) is 1.97. The highest BCUT2D eigenvalue weighted by Gasteiger charge is 2.27. The second-order valence-electron chi connectivity index (χ2n) is 5.01. The lowest BCUT2D eigenvalue weighted by Gasteiger charge is -2.36. The number of piperidine rings is 1. The van der Waals surface area contributed by atoms with Gasteiger partial charge >= 0.3 is 0 Å². The molecule has 0 bridgehead atoms. The van der Waals surface area contributed by atoms with Crippen LogP contribution in [0.25, 0.3) is 0 Å². The fraction of sp³-hybridized carbons (Fsp3) is 0.643. The number of nitrogens with zero attached hydrogens (tertiary/aromatic N) is 1. The van der Waals surface area contributed by atoms with Crippen LogP contribution in [0.3, 0.4) is 0 Å². The quantitative estimate of drug-likeness (QED) is 0.908. The minimum absolute atomic E-state index is 0.231. The van der Waals surface area contributed by atoms with E-state index >= 15 is 0 Å². The molecular weight excluding hydrogens is 244 g/mol. The SMILES string of the molecule is CNCCC1CCCCN1C(=O)c1cscc1C. The molecule has 2 heterocycles. The van der Waals surface area contributed by atoms with E-state index in [1.807, 2.05) is 19.4 Å². The van der Waals surface area contributed by atoms with E-state index in [0.29, 0.717) is 6.04 Å². The topological polar surface area (TPSA) is 32.3 Å². The van der Waals surface area contributed by atoms with Crippen molar-refractivity contribution in [3.8, 4) is 0 Å². The van der Waals surface area contributed by atoms with Crippen molar-refractivity contribution in [2.75, 3.05) is 20.1 Å². The van der Waals surface area contributed by atoms with Crippen LogP contribution in [-0.4, -0.2) is 37.0 Å². The molecule has 0 aliphatic carbocycles. The predicted molar refractivity (Wildman–Crippen MR) is 76.3 cm³/mol. The number of likely N-dealkylation sites (tertiary alicyclic amines) is 1. The van der Waals surface area contributed by atoms with E-state index in [-0.39, 0.29) is 5.91 Å². The van der Waals surface area contributed by atoms with Gasteiger partial charge in [-0.2, -0.15) is 11.3 Å². The molecule has 1 aromatic rings. The number of amides is 1. The van der Waals surface area contributed by atoms with E-state index in [9.17, 15) is 4.79 Å². The first kappa shape index (κ1) is 13.6. The molecule has 4 heteroatoms. The molecule has 1 fully saturated rings. The Bertz CT molecular complexity index is 402. The summed E-state index contributed by atoms with van der Waals surface area (Å²) in [6.07, 6.45) is 4.60.